The summed E-state index contributed by atoms with van der Waals surface area (Å²) in [7, 11) is 8.95. The molecule has 0 amide bonds. The van der Waals surface area contributed by atoms with Crippen LogP contribution in [0.25, 0.3) is 0 Å². The van der Waals surface area contributed by atoms with Crippen molar-refractivity contribution in [3.63, 3.8) is 0 Å². The second-order valence-electron chi connectivity index (χ2n) is 5.45. The van der Waals surface area contributed by atoms with E-state index >= 15 is 0 Å². The van der Waals surface area contributed by atoms with Crippen molar-refractivity contribution in [1.29, 1.82) is 0 Å². The maximum absolute atomic E-state index is 11.1. The fraction of sp³-hybridized carbons (Fsp3) is 0.562. The van der Waals surface area contributed by atoms with Crippen molar-refractivity contribution in [3.8, 4) is 11.5 Å². The van der Waals surface area contributed by atoms with E-state index in [0.29, 0.717) is 10.9 Å². The zero-order valence-electron chi connectivity index (χ0n) is 13.6. The van der Waals surface area contributed by atoms with E-state index in [9.17, 15) is 4.79 Å². The van der Waals surface area contributed by atoms with Gasteiger partial charge in [-0.15, -0.1) is 0 Å². The van der Waals surface area contributed by atoms with Gasteiger partial charge in [0.05, 0.1) is 42.0 Å². The fourth-order valence-electron chi connectivity index (χ4n) is 2.35. The molecule has 0 aliphatic heterocycles. The van der Waals surface area contributed by atoms with Crippen LogP contribution in [0.3, 0.4) is 0 Å². The van der Waals surface area contributed by atoms with E-state index in [2.05, 4.69) is 18.8 Å². The van der Waals surface area contributed by atoms with Gasteiger partial charge in [0.2, 0.25) is 5.75 Å². The first-order chi connectivity index (χ1) is 9.96. The van der Waals surface area contributed by atoms with Crippen LogP contribution < -0.4 is 14.0 Å². The fourth-order valence-corrected chi connectivity index (χ4v) is 2.35. The van der Waals surface area contributed by atoms with Crippen molar-refractivity contribution in [2.24, 2.45) is 0 Å². The molecular formula is C16H26NO4+. The van der Waals surface area contributed by atoms with E-state index in [4.69, 9.17) is 9.47 Å². The molecule has 1 aromatic rings. The molecule has 0 unspecified atom stereocenters. The smallest absolute Gasteiger partial charge is 0.305 e. The quantitative estimate of drug-likeness (QED) is 0.420. The molecule has 0 aliphatic rings. The Labute approximate surface area is 127 Å². The molecule has 0 saturated heterocycles. The summed E-state index contributed by atoms with van der Waals surface area (Å²) in [4.78, 5) is 11.1. The Balaban J connectivity index is 2.76. The molecule has 0 fully saturated rings. The lowest BCUT2D eigenvalue weighted by Crippen LogP contribution is -2.41. The zero-order valence-corrected chi connectivity index (χ0v) is 13.6. The number of methoxy groups -OCH3 is 3. The number of nitrogens with zero attached hydrogens (tertiary/aromatic N) is 1. The Morgan fingerprint density at radius 1 is 1.10 bits per heavy atom. The topological polar surface area (TPSA) is 44.8 Å². The van der Waals surface area contributed by atoms with Crippen LogP contribution in [0.2, 0.25) is 0 Å². The van der Waals surface area contributed by atoms with Crippen LogP contribution in [0.1, 0.15) is 19.3 Å². The van der Waals surface area contributed by atoms with E-state index in [1.54, 1.807) is 14.2 Å². The van der Waals surface area contributed by atoms with Gasteiger partial charge < -0.3 is 14.2 Å². The van der Waals surface area contributed by atoms with E-state index in [0.717, 1.165) is 36.6 Å². The highest BCUT2D eigenvalue weighted by molar-refractivity contribution is 5.69. The van der Waals surface area contributed by atoms with Gasteiger partial charge in [-0.3, -0.25) is 9.28 Å². The minimum atomic E-state index is -0.153. The highest BCUT2D eigenvalue weighted by atomic mass is 16.5. The molecule has 5 nitrogen and oxygen atoms in total. The van der Waals surface area contributed by atoms with Crippen molar-refractivity contribution < 1.29 is 19.0 Å². The minimum Gasteiger partial charge on any atom is -0.493 e. The molecule has 0 N–H and O–H groups in total. The van der Waals surface area contributed by atoms with Crippen LogP contribution in [-0.2, 0) is 9.53 Å². The van der Waals surface area contributed by atoms with Gasteiger partial charge in [0.15, 0.2) is 11.4 Å². The Hall–Kier alpha value is -1.75. The monoisotopic (exact) mass is 296 g/mol. The van der Waals surface area contributed by atoms with Crippen molar-refractivity contribution in [2.75, 3.05) is 42.0 Å². The third kappa shape index (κ3) is 4.63. The molecule has 0 bridgehead atoms. The van der Waals surface area contributed by atoms with E-state index in [-0.39, 0.29) is 5.97 Å². The number of unbranched alkanes of at least 4 members (excludes halogenated alkanes) is 1. The predicted molar refractivity (Wildman–Crippen MR) is 83.9 cm³/mol. The van der Waals surface area contributed by atoms with E-state index in [1.165, 1.54) is 7.11 Å². The number of quaternary nitrogens is 1. The largest absolute Gasteiger partial charge is 0.493 e. The molecule has 0 saturated carbocycles. The molecule has 0 aliphatic carbocycles. The average Bonchev–Trinajstić information content (AvgIpc) is 2.50. The Kier molecular flexibility index (Phi) is 6.49. The molecule has 0 spiro atoms. The van der Waals surface area contributed by atoms with Crippen LogP contribution in [0, 0.1) is 0 Å². The van der Waals surface area contributed by atoms with E-state index in [1.807, 2.05) is 18.2 Å². The molecule has 118 valence electrons. The molecule has 0 aromatic heterocycles. The van der Waals surface area contributed by atoms with Crippen LogP contribution in [0.5, 0.6) is 11.5 Å². The van der Waals surface area contributed by atoms with Crippen molar-refractivity contribution in [3.05, 3.63) is 18.2 Å². The standard InChI is InChI=1S/C16H26NO4/c1-17(2,12-7-6-11-15(18)20-4)13-9-8-10-14(19-3)16(13)21-5/h8-10H,6-7,11-12H2,1-5H3/q+1. The summed E-state index contributed by atoms with van der Waals surface area (Å²) in [5.41, 5.74) is 1.06. The number of ether oxygens (including phenoxy) is 3. The molecule has 0 heterocycles. The second-order valence-corrected chi connectivity index (χ2v) is 5.45. The lowest BCUT2D eigenvalue weighted by atomic mass is 10.1. The SMILES string of the molecule is COC(=O)CCCC[N+](C)(C)c1cccc(OC)c1OC. The summed E-state index contributed by atoms with van der Waals surface area (Å²) >= 11 is 0. The van der Waals surface area contributed by atoms with Gasteiger partial charge in [-0.25, -0.2) is 0 Å². The number of hydrogen-bond donors (Lipinski definition) is 0. The molecular weight excluding hydrogens is 270 g/mol. The Morgan fingerprint density at radius 2 is 1.81 bits per heavy atom. The van der Waals surface area contributed by atoms with Gasteiger partial charge in [0.25, 0.3) is 0 Å². The highest BCUT2D eigenvalue weighted by Gasteiger charge is 2.25. The number of esters is 1. The lowest BCUT2D eigenvalue weighted by Gasteiger charge is -2.31. The predicted octanol–water partition coefficient (Wildman–Crippen LogP) is 2.61. The lowest BCUT2D eigenvalue weighted by molar-refractivity contribution is -0.140. The first-order valence-corrected chi connectivity index (χ1v) is 7.07. The highest BCUT2D eigenvalue weighted by Crippen LogP contribution is 2.39. The summed E-state index contributed by atoms with van der Waals surface area (Å²) < 4.78 is 16.2. The summed E-state index contributed by atoms with van der Waals surface area (Å²) in [6.45, 7) is 0.903. The number of carbonyl (C=O) groups excluding carboxylic acids is 1. The molecule has 1 rings (SSSR count). The number of benzene rings is 1. The van der Waals surface area contributed by atoms with Gasteiger partial charge in [-0.2, -0.15) is 0 Å². The van der Waals surface area contributed by atoms with Gasteiger partial charge in [-0.05, 0) is 18.9 Å². The van der Waals surface area contributed by atoms with Gasteiger partial charge in [0.1, 0.15) is 0 Å². The van der Waals surface area contributed by atoms with E-state index < -0.39 is 0 Å². The van der Waals surface area contributed by atoms with Crippen LogP contribution in [0.4, 0.5) is 5.69 Å². The second kappa shape index (κ2) is 7.88. The number of para-hydroxylation sites is 1. The minimum absolute atomic E-state index is 0.153. The summed E-state index contributed by atoms with van der Waals surface area (Å²) in [5, 5.41) is 0. The molecule has 0 atom stereocenters. The molecule has 1 aromatic carbocycles. The third-order valence-corrected chi connectivity index (χ3v) is 3.61. The van der Waals surface area contributed by atoms with Gasteiger partial charge in [0, 0.05) is 12.5 Å². The molecule has 0 radical (unpaired) electrons. The normalized spacial score (nSPS) is 11.1. The first-order valence-electron chi connectivity index (χ1n) is 7.07. The summed E-state index contributed by atoms with van der Waals surface area (Å²) in [6, 6.07) is 5.90. The van der Waals surface area contributed by atoms with Crippen molar-refractivity contribution in [1.82, 2.24) is 4.48 Å². The van der Waals surface area contributed by atoms with Crippen molar-refractivity contribution in [2.45, 2.75) is 19.3 Å². The van der Waals surface area contributed by atoms with Crippen LogP contribution >= 0.6 is 0 Å². The Bertz CT molecular complexity index is 471. The number of hydrogen-bond acceptors (Lipinski definition) is 4. The average molecular weight is 296 g/mol. The van der Waals surface area contributed by atoms with Gasteiger partial charge in [-0.1, -0.05) is 6.07 Å². The van der Waals surface area contributed by atoms with Crippen LogP contribution in [-0.4, -0.2) is 47.9 Å². The number of rotatable bonds is 8. The Morgan fingerprint density at radius 3 is 2.38 bits per heavy atom. The third-order valence-electron chi connectivity index (χ3n) is 3.61. The summed E-state index contributed by atoms with van der Waals surface area (Å²) in [6.07, 6.45) is 2.22. The summed E-state index contributed by atoms with van der Waals surface area (Å²) in [5.74, 6) is 1.34. The number of carbonyl (C=O) groups is 1. The van der Waals surface area contributed by atoms with Gasteiger partial charge >= 0.3 is 5.97 Å². The zero-order chi connectivity index (χ0) is 15.9. The maximum atomic E-state index is 11.1. The molecule has 5 heteroatoms. The van der Waals surface area contributed by atoms with Crippen LogP contribution in [0.15, 0.2) is 18.2 Å². The first kappa shape index (κ1) is 17.3. The van der Waals surface area contributed by atoms with Crippen molar-refractivity contribution >= 4 is 11.7 Å². The molecule has 21 heavy (non-hydrogen) atoms. The maximum Gasteiger partial charge on any atom is 0.305 e.